The Kier molecular flexibility index (Phi) is 6.26. The fraction of sp³-hybridized carbons (Fsp3) is 0.227. The van der Waals surface area contributed by atoms with Crippen molar-refractivity contribution in [1.29, 1.82) is 0 Å². The molecule has 1 N–H and O–H groups in total. The Morgan fingerprint density at radius 1 is 1.18 bits per heavy atom. The first-order valence-corrected chi connectivity index (χ1v) is 9.59. The third kappa shape index (κ3) is 4.15. The Labute approximate surface area is 168 Å². The largest absolute Gasteiger partial charge is 0.490 e. The minimum atomic E-state index is -0.184. The molecule has 0 aliphatic rings. The third-order valence-corrected chi connectivity index (χ3v) is 4.39. The summed E-state index contributed by atoms with van der Waals surface area (Å²) in [5.41, 5.74) is 1.29. The molecular weight excluding hydrogens is 376 g/mol. The lowest BCUT2D eigenvalue weighted by atomic mass is 10.1. The van der Waals surface area contributed by atoms with Gasteiger partial charge in [-0.15, -0.1) is 0 Å². The van der Waals surface area contributed by atoms with E-state index < -0.39 is 0 Å². The Balaban J connectivity index is 2.10. The van der Waals surface area contributed by atoms with Gasteiger partial charge in [0.2, 0.25) is 0 Å². The van der Waals surface area contributed by atoms with Crippen molar-refractivity contribution in [1.82, 2.24) is 9.78 Å². The van der Waals surface area contributed by atoms with Gasteiger partial charge in [-0.25, -0.2) is 4.68 Å². The van der Waals surface area contributed by atoms with Gasteiger partial charge >= 0.3 is 0 Å². The van der Waals surface area contributed by atoms with Crippen molar-refractivity contribution in [3.63, 3.8) is 0 Å². The second-order valence-corrected chi connectivity index (χ2v) is 6.64. The maximum absolute atomic E-state index is 12.9. The van der Waals surface area contributed by atoms with E-state index in [0.29, 0.717) is 40.3 Å². The van der Waals surface area contributed by atoms with Crippen LogP contribution in [-0.4, -0.2) is 23.0 Å². The summed E-state index contributed by atoms with van der Waals surface area (Å²) in [5.74, 6) is 1.08. The van der Waals surface area contributed by atoms with Gasteiger partial charge in [-0.3, -0.25) is 9.89 Å². The molecule has 28 heavy (non-hydrogen) atoms. The molecular formula is C22H23ClN2O3. The van der Waals surface area contributed by atoms with Crippen LogP contribution in [0.5, 0.6) is 11.5 Å². The van der Waals surface area contributed by atoms with Gasteiger partial charge in [0.25, 0.3) is 5.56 Å². The zero-order valence-electron chi connectivity index (χ0n) is 16.0. The van der Waals surface area contributed by atoms with E-state index >= 15 is 0 Å². The van der Waals surface area contributed by atoms with Crippen molar-refractivity contribution in [2.45, 2.75) is 20.3 Å². The van der Waals surface area contributed by atoms with Crippen LogP contribution in [0.15, 0.2) is 47.3 Å². The summed E-state index contributed by atoms with van der Waals surface area (Å²) in [6.07, 6.45) is 2.61. The lowest BCUT2D eigenvalue weighted by molar-refractivity contribution is 0.277. The van der Waals surface area contributed by atoms with E-state index in [2.05, 4.69) is 11.7 Å². The number of nitrogens with zero attached hydrogens (tertiary/aromatic N) is 1. The molecule has 0 aliphatic carbocycles. The molecule has 0 saturated heterocycles. The summed E-state index contributed by atoms with van der Waals surface area (Å²) < 4.78 is 12.9. The van der Waals surface area contributed by atoms with E-state index in [0.717, 1.165) is 17.7 Å². The second kappa shape index (κ2) is 8.85. The minimum Gasteiger partial charge on any atom is -0.490 e. The topological polar surface area (TPSA) is 56.2 Å². The van der Waals surface area contributed by atoms with E-state index in [1.807, 2.05) is 50.2 Å². The average Bonchev–Trinajstić information content (AvgIpc) is 2.96. The number of para-hydroxylation sites is 1. The first kappa shape index (κ1) is 19.8. The highest BCUT2D eigenvalue weighted by atomic mass is 35.5. The normalized spacial score (nSPS) is 11.6. The monoisotopic (exact) mass is 398 g/mol. The molecule has 1 aromatic heterocycles. The van der Waals surface area contributed by atoms with Crippen molar-refractivity contribution in [3.05, 3.63) is 74.0 Å². The zero-order chi connectivity index (χ0) is 20.1. The molecule has 0 amide bonds. The first-order chi connectivity index (χ1) is 13.5. The lowest BCUT2D eigenvalue weighted by Crippen LogP contribution is -2.33. The predicted molar refractivity (Wildman–Crippen MR) is 113 cm³/mol. The van der Waals surface area contributed by atoms with Gasteiger partial charge in [0.15, 0.2) is 11.5 Å². The maximum atomic E-state index is 12.9. The van der Waals surface area contributed by atoms with E-state index in [4.69, 9.17) is 21.1 Å². The van der Waals surface area contributed by atoms with E-state index in [1.54, 1.807) is 12.1 Å². The van der Waals surface area contributed by atoms with Crippen LogP contribution in [0.3, 0.4) is 0 Å². The molecule has 0 spiro atoms. The summed E-state index contributed by atoms with van der Waals surface area (Å²) in [6.45, 7) is 8.91. The molecule has 0 fully saturated rings. The van der Waals surface area contributed by atoms with Crippen LogP contribution in [0.25, 0.3) is 18.3 Å². The second-order valence-electron chi connectivity index (χ2n) is 6.24. The van der Waals surface area contributed by atoms with Crippen LogP contribution in [0, 0.1) is 0 Å². The Morgan fingerprint density at radius 3 is 2.61 bits per heavy atom. The van der Waals surface area contributed by atoms with Crippen molar-refractivity contribution < 1.29 is 9.47 Å². The number of aromatic nitrogens is 2. The van der Waals surface area contributed by atoms with Crippen LogP contribution in [0.4, 0.5) is 0 Å². The molecule has 0 saturated carbocycles. The molecule has 0 aliphatic heterocycles. The Morgan fingerprint density at radius 2 is 1.93 bits per heavy atom. The summed E-state index contributed by atoms with van der Waals surface area (Å²) >= 11 is 6.42. The standard InChI is InChI=1S/C22H23ClN2O3/c1-4-11-28-21-19(23)13-16(14-20(21)27-5-2)12-18-15(3)24-25(22(18)26)17-9-7-6-8-10-17/h6-10,12-14,24H,3-5,11H2,1-2H3/b18-12-. The van der Waals surface area contributed by atoms with E-state index in [1.165, 1.54) is 4.68 Å². The molecule has 0 bridgehead atoms. The van der Waals surface area contributed by atoms with Gasteiger partial charge in [-0.2, -0.15) is 0 Å². The summed E-state index contributed by atoms with van der Waals surface area (Å²) in [7, 11) is 0. The van der Waals surface area contributed by atoms with Crippen molar-refractivity contribution in [3.8, 4) is 17.2 Å². The Bertz CT molecular complexity index is 1120. The van der Waals surface area contributed by atoms with Crippen LogP contribution in [0.1, 0.15) is 25.8 Å². The zero-order valence-corrected chi connectivity index (χ0v) is 16.8. The van der Waals surface area contributed by atoms with Crippen LogP contribution in [0.2, 0.25) is 5.02 Å². The third-order valence-electron chi connectivity index (χ3n) is 4.11. The first-order valence-electron chi connectivity index (χ1n) is 9.21. The Hall–Kier alpha value is -2.92. The molecule has 3 aromatic rings. The number of aromatic amines is 1. The number of ether oxygens (including phenoxy) is 2. The van der Waals surface area contributed by atoms with E-state index in [9.17, 15) is 4.79 Å². The minimum absolute atomic E-state index is 0.184. The molecule has 146 valence electrons. The number of halogens is 1. The smallest absolute Gasteiger partial charge is 0.279 e. The number of hydrogen-bond acceptors (Lipinski definition) is 3. The predicted octanol–water partition coefficient (Wildman–Crippen LogP) is 3.25. The molecule has 5 nitrogen and oxygen atoms in total. The van der Waals surface area contributed by atoms with Crippen LogP contribution in [-0.2, 0) is 0 Å². The van der Waals surface area contributed by atoms with Crippen LogP contribution >= 0.6 is 11.6 Å². The summed E-state index contributed by atoms with van der Waals surface area (Å²) in [4.78, 5) is 12.9. The van der Waals surface area contributed by atoms with Gasteiger partial charge < -0.3 is 9.47 Å². The highest BCUT2D eigenvalue weighted by molar-refractivity contribution is 6.32. The quantitative estimate of drug-likeness (QED) is 0.664. The van der Waals surface area contributed by atoms with Crippen molar-refractivity contribution in [2.75, 3.05) is 13.2 Å². The highest BCUT2D eigenvalue weighted by Crippen LogP contribution is 2.37. The number of nitrogens with one attached hydrogen (secondary N) is 1. The number of benzene rings is 2. The van der Waals surface area contributed by atoms with Gasteiger partial charge in [-0.1, -0.05) is 43.3 Å². The van der Waals surface area contributed by atoms with Crippen LogP contribution < -0.4 is 25.6 Å². The van der Waals surface area contributed by atoms with Gasteiger partial charge in [0, 0.05) is 0 Å². The molecule has 0 atom stereocenters. The molecule has 6 heteroatoms. The SMILES string of the molecule is C=c1[nH]n(-c2ccccc2)c(=O)/c1=C\c1cc(Cl)c(OCCC)c(OCC)c1. The van der Waals surface area contributed by atoms with Gasteiger partial charge in [0.05, 0.1) is 34.5 Å². The summed E-state index contributed by atoms with van der Waals surface area (Å²) in [5, 5.41) is 4.44. The number of rotatable bonds is 7. The number of H-pyrrole nitrogens is 1. The highest BCUT2D eigenvalue weighted by Gasteiger charge is 2.12. The van der Waals surface area contributed by atoms with Crippen molar-refractivity contribution >= 4 is 24.3 Å². The molecule has 3 rings (SSSR count). The average molecular weight is 399 g/mol. The summed E-state index contributed by atoms with van der Waals surface area (Å²) in [6, 6.07) is 12.9. The fourth-order valence-corrected chi connectivity index (χ4v) is 3.12. The maximum Gasteiger partial charge on any atom is 0.279 e. The fourth-order valence-electron chi connectivity index (χ4n) is 2.85. The van der Waals surface area contributed by atoms with Gasteiger partial charge in [-0.05, 0) is 49.2 Å². The molecule has 2 aromatic carbocycles. The molecule has 0 unspecified atom stereocenters. The molecule has 1 heterocycles. The lowest BCUT2D eigenvalue weighted by Gasteiger charge is -2.13. The number of hydrogen-bond donors (Lipinski definition) is 1. The van der Waals surface area contributed by atoms with E-state index in [-0.39, 0.29) is 5.56 Å². The van der Waals surface area contributed by atoms with Gasteiger partial charge in [0.1, 0.15) is 0 Å². The molecule has 0 radical (unpaired) electrons. The van der Waals surface area contributed by atoms with Crippen molar-refractivity contribution in [2.24, 2.45) is 0 Å².